The van der Waals surface area contributed by atoms with Crippen LogP contribution in [-0.2, 0) is 9.59 Å². The van der Waals surface area contributed by atoms with E-state index in [0.29, 0.717) is 5.95 Å². The molecule has 31 heavy (non-hydrogen) atoms. The maximum atomic E-state index is 12.6. The molecule has 4 aliphatic carbocycles. The first-order chi connectivity index (χ1) is 15.0. The van der Waals surface area contributed by atoms with E-state index in [2.05, 4.69) is 32.6 Å². The molecule has 1 aliphatic heterocycles. The number of hydrazine groups is 1. The zero-order valence-electron chi connectivity index (χ0n) is 18.3. The molecule has 7 nitrogen and oxygen atoms in total. The summed E-state index contributed by atoms with van der Waals surface area (Å²) in [6, 6.07) is 1.80. The Morgan fingerprint density at radius 3 is 2.16 bits per heavy atom. The Hall–Kier alpha value is -2.44. The first-order valence-corrected chi connectivity index (χ1v) is 11.8. The summed E-state index contributed by atoms with van der Waals surface area (Å²) in [7, 11) is 0. The summed E-state index contributed by atoms with van der Waals surface area (Å²) in [4.78, 5) is 35.8. The van der Waals surface area contributed by atoms with E-state index in [1.54, 1.807) is 24.5 Å². The van der Waals surface area contributed by atoms with Gasteiger partial charge in [0.05, 0.1) is 0 Å². The number of rotatable bonds is 4. The van der Waals surface area contributed by atoms with Crippen molar-refractivity contribution in [1.82, 2.24) is 20.8 Å². The maximum Gasteiger partial charge on any atom is 0.262 e. The summed E-state index contributed by atoms with van der Waals surface area (Å²) in [5.41, 5.74) is 6.71. The minimum atomic E-state index is -0.211. The van der Waals surface area contributed by atoms with Crippen molar-refractivity contribution in [3.63, 3.8) is 0 Å². The third kappa shape index (κ3) is 4.19. The third-order valence-corrected chi connectivity index (χ3v) is 8.23. The molecule has 7 heteroatoms. The van der Waals surface area contributed by atoms with Gasteiger partial charge in [-0.2, -0.15) is 0 Å². The second-order valence-corrected chi connectivity index (χ2v) is 10.3. The van der Waals surface area contributed by atoms with Crippen LogP contribution in [0.25, 0.3) is 0 Å². The number of nitrogens with one attached hydrogen (secondary N) is 2. The van der Waals surface area contributed by atoms with E-state index >= 15 is 0 Å². The van der Waals surface area contributed by atoms with E-state index in [-0.39, 0.29) is 23.1 Å². The highest BCUT2D eigenvalue weighted by Crippen LogP contribution is 2.62. The Labute approximate surface area is 184 Å². The van der Waals surface area contributed by atoms with Crippen molar-refractivity contribution in [2.45, 2.75) is 58.3 Å². The average Bonchev–Trinajstić information content (AvgIpc) is 2.77. The lowest BCUT2D eigenvalue weighted by atomic mass is 9.48. The number of amides is 2. The van der Waals surface area contributed by atoms with Gasteiger partial charge in [0.2, 0.25) is 11.9 Å². The van der Waals surface area contributed by atoms with Crippen LogP contribution >= 0.6 is 0 Å². The highest BCUT2D eigenvalue weighted by atomic mass is 16.2. The molecule has 0 atom stereocenters. The molecule has 1 saturated heterocycles. The van der Waals surface area contributed by atoms with Gasteiger partial charge < -0.3 is 4.90 Å². The molecule has 2 heterocycles. The average molecular weight is 424 g/mol. The quantitative estimate of drug-likeness (QED) is 0.574. The number of aromatic nitrogens is 2. The van der Waals surface area contributed by atoms with Gasteiger partial charge in [0.25, 0.3) is 5.91 Å². The van der Waals surface area contributed by atoms with Crippen molar-refractivity contribution in [3.05, 3.63) is 30.1 Å². The van der Waals surface area contributed by atoms with Crippen molar-refractivity contribution in [3.8, 4) is 0 Å². The SMILES string of the molecule is CC(=CC(=O)NNC(=O)C1CCN(c2ncccn2)CC1)C12CC3CC(CC(C3)C1)C2. The molecule has 4 saturated carbocycles. The van der Waals surface area contributed by atoms with Gasteiger partial charge in [-0.1, -0.05) is 5.57 Å². The van der Waals surface area contributed by atoms with Crippen molar-refractivity contribution in [2.24, 2.45) is 29.1 Å². The number of piperidine rings is 1. The lowest BCUT2D eigenvalue weighted by Crippen LogP contribution is -2.48. The van der Waals surface area contributed by atoms with Crippen LogP contribution in [0.15, 0.2) is 30.1 Å². The van der Waals surface area contributed by atoms with Crippen molar-refractivity contribution < 1.29 is 9.59 Å². The summed E-state index contributed by atoms with van der Waals surface area (Å²) in [6.07, 6.45) is 14.6. The van der Waals surface area contributed by atoms with Gasteiger partial charge in [0, 0.05) is 37.5 Å². The molecule has 2 N–H and O–H groups in total. The van der Waals surface area contributed by atoms with Gasteiger partial charge in [0.15, 0.2) is 0 Å². The van der Waals surface area contributed by atoms with Crippen LogP contribution in [-0.4, -0.2) is 34.9 Å². The second-order valence-electron chi connectivity index (χ2n) is 10.3. The predicted molar refractivity (Wildman–Crippen MR) is 118 cm³/mol. The molecule has 5 fully saturated rings. The number of hydrogen-bond acceptors (Lipinski definition) is 5. The molecule has 1 aromatic heterocycles. The number of carbonyl (C=O) groups excluding carboxylic acids is 2. The van der Waals surface area contributed by atoms with E-state index in [4.69, 9.17) is 0 Å². The van der Waals surface area contributed by atoms with Crippen molar-refractivity contribution >= 4 is 17.8 Å². The van der Waals surface area contributed by atoms with E-state index in [1.165, 1.54) is 44.1 Å². The summed E-state index contributed by atoms with van der Waals surface area (Å²) in [5, 5.41) is 0. The normalized spacial score (nSPS) is 32.7. The van der Waals surface area contributed by atoms with Gasteiger partial charge in [-0.05, 0) is 87.5 Å². The first kappa shape index (κ1) is 20.5. The van der Waals surface area contributed by atoms with E-state index < -0.39 is 0 Å². The molecule has 0 aromatic carbocycles. The second kappa shape index (κ2) is 8.24. The van der Waals surface area contributed by atoms with Gasteiger partial charge in [-0.3, -0.25) is 20.4 Å². The van der Waals surface area contributed by atoms with Crippen molar-refractivity contribution in [2.75, 3.05) is 18.0 Å². The summed E-state index contributed by atoms with van der Waals surface area (Å²) < 4.78 is 0. The number of nitrogens with zero attached hydrogens (tertiary/aromatic N) is 3. The largest absolute Gasteiger partial charge is 0.341 e. The van der Waals surface area contributed by atoms with E-state index in [9.17, 15) is 9.59 Å². The Kier molecular flexibility index (Phi) is 5.44. The number of allylic oxidation sites excluding steroid dienone is 1. The molecule has 166 valence electrons. The van der Waals surface area contributed by atoms with E-state index in [0.717, 1.165) is 43.7 Å². The Balaban J connectivity index is 1.11. The Morgan fingerprint density at radius 1 is 1.00 bits per heavy atom. The van der Waals surface area contributed by atoms with Gasteiger partial charge in [-0.25, -0.2) is 9.97 Å². The number of carbonyl (C=O) groups is 2. The number of anilines is 1. The highest BCUT2D eigenvalue weighted by molar-refractivity contribution is 5.90. The summed E-state index contributed by atoms with van der Waals surface area (Å²) in [6.45, 7) is 3.60. The van der Waals surface area contributed by atoms with Crippen LogP contribution < -0.4 is 15.8 Å². The van der Waals surface area contributed by atoms with Gasteiger partial charge in [-0.15, -0.1) is 0 Å². The fraction of sp³-hybridized carbons (Fsp3) is 0.667. The van der Waals surface area contributed by atoms with Crippen LogP contribution in [0.5, 0.6) is 0 Å². The Bertz CT molecular complexity index is 825. The lowest BCUT2D eigenvalue weighted by molar-refractivity contribution is -0.130. The predicted octanol–water partition coefficient (Wildman–Crippen LogP) is 3.00. The molecule has 5 aliphatic rings. The van der Waals surface area contributed by atoms with Crippen LogP contribution in [0.2, 0.25) is 0 Å². The smallest absolute Gasteiger partial charge is 0.262 e. The molecular weight excluding hydrogens is 390 g/mol. The van der Waals surface area contributed by atoms with E-state index in [1.807, 2.05) is 0 Å². The minimum Gasteiger partial charge on any atom is -0.341 e. The zero-order chi connectivity index (χ0) is 21.4. The first-order valence-electron chi connectivity index (χ1n) is 11.8. The fourth-order valence-electron chi connectivity index (χ4n) is 7.00. The van der Waals surface area contributed by atoms with Gasteiger partial charge in [0.1, 0.15) is 0 Å². The van der Waals surface area contributed by atoms with Crippen LogP contribution in [0, 0.1) is 29.1 Å². The fourth-order valence-corrected chi connectivity index (χ4v) is 7.00. The number of hydrogen-bond donors (Lipinski definition) is 2. The van der Waals surface area contributed by atoms with Crippen LogP contribution in [0.4, 0.5) is 5.95 Å². The maximum absolute atomic E-state index is 12.6. The molecule has 0 unspecified atom stereocenters. The molecular formula is C24H33N5O2. The standard InChI is InChI=1S/C24H33N5O2/c1-16(24-13-17-10-18(14-24)12-19(11-17)15-24)9-21(30)27-28-22(31)20-3-7-29(8-4-20)23-25-5-2-6-26-23/h2,5-6,9,17-20H,3-4,7-8,10-15H2,1H3,(H,27,30)(H,28,31). The molecule has 1 aromatic rings. The topological polar surface area (TPSA) is 87.2 Å². The summed E-state index contributed by atoms with van der Waals surface area (Å²) in [5.74, 6) is 2.84. The third-order valence-electron chi connectivity index (χ3n) is 8.23. The summed E-state index contributed by atoms with van der Waals surface area (Å²) >= 11 is 0. The van der Waals surface area contributed by atoms with Crippen LogP contribution in [0.3, 0.4) is 0 Å². The Morgan fingerprint density at radius 2 is 1.58 bits per heavy atom. The molecule has 6 rings (SSSR count). The lowest BCUT2D eigenvalue weighted by Gasteiger charge is -2.57. The molecule has 0 spiro atoms. The van der Waals surface area contributed by atoms with Crippen LogP contribution in [0.1, 0.15) is 58.3 Å². The minimum absolute atomic E-state index is 0.103. The molecule has 0 radical (unpaired) electrons. The monoisotopic (exact) mass is 423 g/mol. The molecule has 2 amide bonds. The highest BCUT2D eigenvalue weighted by Gasteiger charge is 2.51. The molecule has 4 bridgehead atoms. The zero-order valence-corrected chi connectivity index (χ0v) is 18.3. The van der Waals surface area contributed by atoms with Gasteiger partial charge >= 0.3 is 0 Å². The van der Waals surface area contributed by atoms with Crippen molar-refractivity contribution in [1.29, 1.82) is 0 Å².